The van der Waals surface area contributed by atoms with Crippen LogP contribution in [-0.4, -0.2) is 29.7 Å². The third-order valence-electron chi connectivity index (χ3n) is 1.75. The first-order chi connectivity index (χ1) is 7.26. The Morgan fingerprint density at radius 3 is 2.87 bits per heavy atom. The van der Waals surface area contributed by atoms with Gasteiger partial charge in [0.15, 0.2) is 0 Å². The van der Waals surface area contributed by atoms with E-state index in [-0.39, 0.29) is 24.5 Å². The van der Waals surface area contributed by atoms with E-state index in [0.717, 1.165) is 0 Å². The van der Waals surface area contributed by atoms with Crippen molar-refractivity contribution in [3.05, 3.63) is 35.9 Å². The van der Waals surface area contributed by atoms with Crippen molar-refractivity contribution in [2.75, 3.05) is 13.2 Å². The minimum atomic E-state index is -0.299. The van der Waals surface area contributed by atoms with Crippen molar-refractivity contribution >= 4 is 6.29 Å². The van der Waals surface area contributed by atoms with Crippen molar-refractivity contribution in [3.8, 4) is 11.5 Å². The maximum Gasteiger partial charge on any atom is 0.148 e. The highest BCUT2D eigenvalue weighted by atomic mass is 16.5. The van der Waals surface area contributed by atoms with Crippen LogP contribution in [-0.2, 0) is 4.79 Å². The van der Waals surface area contributed by atoms with Gasteiger partial charge in [-0.3, -0.25) is 4.79 Å². The molecule has 0 unspecified atom stereocenters. The van der Waals surface area contributed by atoms with Crippen LogP contribution in [0.1, 0.15) is 0 Å². The zero-order valence-electron chi connectivity index (χ0n) is 8.09. The molecule has 80 valence electrons. The van der Waals surface area contributed by atoms with Gasteiger partial charge >= 0.3 is 0 Å². The van der Waals surface area contributed by atoms with Gasteiger partial charge in [0.05, 0.1) is 6.61 Å². The van der Waals surface area contributed by atoms with Crippen LogP contribution in [0.4, 0.5) is 0 Å². The molecule has 4 nitrogen and oxygen atoms in total. The van der Waals surface area contributed by atoms with E-state index in [4.69, 9.17) is 14.9 Å². The maximum atomic E-state index is 10.3. The number of benzene rings is 1. The lowest BCUT2D eigenvalue weighted by molar-refractivity contribution is -0.105. The number of carbonyl (C=O) groups is 1. The van der Waals surface area contributed by atoms with Crippen molar-refractivity contribution in [2.24, 2.45) is 0 Å². The van der Waals surface area contributed by atoms with E-state index in [1.165, 1.54) is 18.2 Å². The van der Waals surface area contributed by atoms with Crippen LogP contribution in [0.15, 0.2) is 35.9 Å². The summed E-state index contributed by atoms with van der Waals surface area (Å²) in [7, 11) is 0. The summed E-state index contributed by atoms with van der Waals surface area (Å²) >= 11 is 0. The summed E-state index contributed by atoms with van der Waals surface area (Å²) < 4.78 is 5.21. The van der Waals surface area contributed by atoms with Crippen LogP contribution in [0.25, 0.3) is 0 Å². The van der Waals surface area contributed by atoms with Crippen molar-refractivity contribution in [3.63, 3.8) is 0 Å². The van der Waals surface area contributed by atoms with Crippen LogP contribution in [0.3, 0.4) is 0 Å². The average Bonchev–Trinajstić information content (AvgIpc) is 2.25. The van der Waals surface area contributed by atoms with Crippen LogP contribution in [0.2, 0.25) is 0 Å². The van der Waals surface area contributed by atoms with Gasteiger partial charge in [0.25, 0.3) is 0 Å². The second-order valence-corrected chi connectivity index (χ2v) is 2.86. The number of aliphatic hydroxyl groups excluding tert-OH is 1. The van der Waals surface area contributed by atoms with E-state index >= 15 is 0 Å². The van der Waals surface area contributed by atoms with Crippen molar-refractivity contribution in [1.82, 2.24) is 0 Å². The largest absolute Gasteiger partial charge is 0.508 e. The Morgan fingerprint density at radius 1 is 1.47 bits per heavy atom. The SMILES string of the molecule is O=C/C(=C/COc1cccc(O)c1)CO. The van der Waals surface area contributed by atoms with E-state index in [9.17, 15) is 4.79 Å². The first-order valence-corrected chi connectivity index (χ1v) is 4.43. The number of hydrogen-bond donors (Lipinski definition) is 2. The number of rotatable bonds is 5. The summed E-state index contributed by atoms with van der Waals surface area (Å²) in [5, 5.41) is 17.8. The lowest BCUT2D eigenvalue weighted by Crippen LogP contribution is -1.98. The van der Waals surface area contributed by atoms with E-state index in [1.807, 2.05) is 0 Å². The highest BCUT2D eigenvalue weighted by molar-refractivity contribution is 5.73. The molecular weight excluding hydrogens is 196 g/mol. The summed E-state index contributed by atoms with van der Waals surface area (Å²) in [4.78, 5) is 10.3. The third-order valence-corrected chi connectivity index (χ3v) is 1.75. The predicted octanol–water partition coefficient (Wildman–Crippen LogP) is 0.889. The molecule has 0 radical (unpaired) electrons. The second-order valence-electron chi connectivity index (χ2n) is 2.86. The van der Waals surface area contributed by atoms with Crippen molar-refractivity contribution in [2.45, 2.75) is 0 Å². The molecule has 0 aliphatic heterocycles. The highest BCUT2D eigenvalue weighted by Crippen LogP contribution is 2.17. The normalized spacial score (nSPS) is 11.1. The Bertz CT molecular complexity index is 357. The number of phenolic OH excluding ortho intramolecular Hbond substituents is 1. The Hall–Kier alpha value is -1.81. The van der Waals surface area contributed by atoms with Gasteiger partial charge in [-0.25, -0.2) is 0 Å². The summed E-state index contributed by atoms with van der Waals surface area (Å²) in [6.07, 6.45) is 2.06. The lowest BCUT2D eigenvalue weighted by atomic mass is 10.3. The van der Waals surface area contributed by atoms with E-state index in [1.54, 1.807) is 12.1 Å². The van der Waals surface area contributed by atoms with Gasteiger partial charge in [-0.05, 0) is 18.2 Å². The number of aldehydes is 1. The molecule has 1 rings (SSSR count). The summed E-state index contributed by atoms with van der Waals surface area (Å²) in [6, 6.07) is 6.34. The first-order valence-electron chi connectivity index (χ1n) is 4.43. The molecule has 0 atom stereocenters. The fourth-order valence-corrected chi connectivity index (χ4v) is 0.968. The monoisotopic (exact) mass is 208 g/mol. The van der Waals surface area contributed by atoms with Gasteiger partial charge in [0.1, 0.15) is 24.4 Å². The molecule has 0 aromatic heterocycles. The summed E-state index contributed by atoms with van der Waals surface area (Å²) in [6.45, 7) is -0.120. The van der Waals surface area contributed by atoms with E-state index in [2.05, 4.69) is 0 Å². The fourth-order valence-electron chi connectivity index (χ4n) is 0.968. The molecule has 0 fully saturated rings. The van der Waals surface area contributed by atoms with Crippen LogP contribution in [0.5, 0.6) is 11.5 Å². The zero-order valence-corrected chi connectivity index (χ0v) is 8.09. The van der Waals surface area contributed by atoms with Crippen LogP contribution >= 0.6 is 0 Å². The maximum absolute atomic E-state index is 10.3. The van der Waals surface area contributed by atoms with E-state index in [0.29, 0.717) is 12.0 Å². The molecular formula is C11H12O4. The van der Waals surface area contributed by atoms with Gasteiger partial charge in [-0.1, -0.05) is 6.07 Å². The van der Waals surface area contributed by atoms with E-state index < -0.39 is 0 Å². The zero-order chi connectivity index (χ0) is 11.1. The molecule has 0 bridgehead atoms. The van der Waals surface area contributed by atoms with Gasteiger partial charge in [0, 0.05) is 11.6 Å². The van der Waals surface area contributed by atoms with Gasteiger partial charge < -0.3 is 14.9 Å². The molecule has 0 amide bonds. The second kappa shape index (κ2) is 5.82. The fraction of sp³-hybridized carbons (Fsp3) is 0.182. The number of phenols is 1. The molecule has 4 heteroatoms. The van der Waals surface area contributed by atoms with Gasteiger partial charge in [0.2, 0.25) is 0 Å². The van der Waals surface area contributed by atoms with Gasteiger partial charge in [-0.2, -0.15) is 0 Å². The molecule has 0 aliphatic carbocycles. The van der Waals surface area contributed by atoms with Crippen molar-refractivity contribution < 1.29 is 19.7 Å². The molecule has 2 N–H and O–H groups in total. The highest BCUT2D eigenvalue weighted by Gasteiger charge is 1.95. The molecule has 0 spiro atoms. The number of aromatic hydroxyl groups is 1. The Balaban J connectivity index is 2.50. The third kappa shape index (κ3) is 3.83. The first kappa shape index (κ1) is 11.3. The van der Waals surface area contributed by atoms with Crippen molar-refractivity contribution in [1.29, 1.82) is 0 Å². The van der Waals surface area contributed by atoms with Crippen LogP contribution < -0.4 is 4.74 Å². The minimum Gasteiger partial charge on any atom is -0.508 e. The number of carbonyl (C=O) groups excluding carboxylic acids is 1. The number of aliphatic hydroxyl groups is 1. The Morgan fingerprint density at radius 2 is 2.27 bits per heavy atom. The molecule has 0 heterocycles. The minimum absolute atomic E-state index is 0.120. The lowest BCUT2D eigenvalue weighted by Gasteiger charge is -2.03. The summed E-state index contributed by atoms with van der Waals surface area (Å²) in [5.74, 6) is 0.628. The number of hydrogen-bond acceptors (Lipinski definition) is 4. The number of ether oxygens (including phenoxy) is 1. The Labute approximate surface area is 87.4 Å². The topological polar surface area (TPSA) is 66.8 Å². The average molecular weight is 208 g/mol. The smallest absolute Gasteiger partial charge is 0.148 e. The molecule has 1 aromatic carbocycles. The quantitative estimate of drug-likeness (QED) is 0.557. The molecule has 0 aliphatic rings. The molecule has 15 heavy (non-hydrogen) atoms. The van der Waals surface area contributed by atoms with Gasteiger partial charge in [-0.15, -0.1) is 0 Å². The molecule has 0 saturated heterocycles. The summed E-state index contributed by atoms with van der Waals surface area (Å²) in [5.41, 5.74) is 0.273. The molecule has 0 saturated carbocycles. The van der Waals surface area contributed by atoms with Crippen LogP contribution in [0, 0.1) is 0 Å². The molecule has 1 aromatic rings. The standard InChI is InChI=1S/C11H12O4/c12-7-9(8-13)4-5-15-11-3-1-2-10(14)6-11/h1-4,6-7,13-14H,5,8H2/b9-4-. The predicted molar refractivity (Wildman–Crippen MR) is 54.8 cm³/mol. The Kier molecular flexibility index (Phi) is 4.37.